The Morgan fingerprint density at radius 3 is 2.63 bits per heavy atom. The van der Waals surface area contributed by atoms with Crippen LogP contribution in [0.25, 0.3) is 0 Å². The molecule has 1 aromatic heterocycles. The first kappa shape index (κ1) is 16.1. The smallest absolute Gasteiger partial charge is 0.307 e. The van der Waals surface area contributed by atoms with Crippen molar-refractivity contribution in [1.82, 2.24) is 19.7 Å². The molecule has 0 fully saturated rings. The molecule has 1 aromatic rings. The fourth-order valence-electron chi connectivity index (χ4n) is 1.55. The lowest BCUT2D eigenvalue weighted by Gasteiger charge is -2.12. The largest absolute Gasteiger partial charge is 0.481 e. The Morgan fingerprint density at radius 2 is 2.21 bits per heavy atom. The van der Waals surface area contributed by atoms with Gasteiger partial charge in [0.1, 0.15) is 0 Å². The summed E-state index contributed by atoms with van der Waals surface area (Å²) < 4.78 is 27.5. The highest BCUT2D eigenvalue weighted by atomic mass is 79.9. The zero-order valence-electron chi connectivity index (χ0n) is 10.5. The van der Waals surface area contributed by atoms with Crippen LogP contribution in [0.1, 0.15) is 19.8 Å². The molecule has 0 amide bonds. The molecule has 0 aliphatic carbocycles. The number of carboxylic acids is 1. The molecule has 0 saturated heterocycles. The predicted octanol–water partition coefficient (Wildman–Crippen LogP) is 0.357. The normalized spacial score (nSPS) is 13.4. The van der Waals surface area contributed by atoms with Gasteiger partial charge in [0.15, 0.2) is 4.60 Å². The van der Waals surface area contributed by atoms with Crippen LogP contribution in [0.2, 0.25) is 0 Å². The molecule has 0 spiro atoms. The fourth-order valence-corrected chi connectivity index (χ4v) is 3.72. The second-order valence-electron chi connectivity index (χ2n) is 3.98. The molecule has 2 N–H and O–H groups in total. The number of halogens is 1. The Balaban J connectivity index is 2.84. The lowest BCUT2D eigenvalue weighted by Crippen LogP contribution is -2.34. The van der Waals surface area contributed by atoms with Gasteiger partial charge in [0.2, 0.25) is 5.03 Å². The molecule has 108 valence electrons. The molecule has 1 atom stereocenters. The van der Waals surface area contributed by atoms with Crippen LogP contribution in [0.3, 0.4) is 0 Å². The lowest BCUT2D eigenvalue weighted by molar-refractivity contribution is -0.141. The van der Waals surface area contributed by atoms with Crippen LogP contribution in [0.5, 0.6) is 0 Å². The molecular formula is C9H15BrN4O4S. The van der Waals surface area contributed by atoms with Crippen LogP contribution in [0, 0.1) is 5.92 Å². The molecule has 19 heavy (non-hydrogen) atoms. The summed E-state index contributed by atoms with van der Waals surface area (Å²) in [5.74, 6) is -1.77. The van der Waals surface area contributed by atoms with Gasteiger partial charge in [-0.25, -0.2) is 17.8 Å². The van der Waals surface area contributed by atoms with Gasteiger partial charge in [0, 0.05) is 13.6 Å². The first-order valence-corrected chi connectivity index (χ1v) is 7.84. The van der Waals surface area contributed by atoms with E-state index >= 15 is 0 Å². The third-order valence-corrected chi connectivity index (χ3v) is 4.81. The summed E-state index contributed by atoms with van der Waals surface area (Å²) in [5, 5.41) is 16.0. The van der Waals surface area contributed by atoms with E-state index in [0.29, 0.717) is 12.8 Å². The van der Waals surface area contributed by atoms with Gasteiger partial charge in [0.05, 0.1) is 5.92 Å². The maximum absolute atomic E-state index is 12.0. The van der Waals surface area contributed by atoms with E-state index in [2.05, 4.69) is 31.0 Å². The molecule has 0 aliphatic rings. The van der Waals surface area contributed by atoms with Crippen LogP contribution in [-0.4, -0.2) is 41.0 Å². The molecule has 1 heterocycles. The summed E-state index contributed by atoms with van der Waals surface area (Å²) in [6.07, 6.45) is 1.07. The van der Waals surface area contributed by atoms with Gasteiger partial charge in [-0.3, -0.25) is 4.79 Å². The molecule has 0 aliphatic heterocycles. The van der Waals surface area contributed by atoms with E-state index in [1.807, 2.05) is 6.92 Å². The average molecular weight is 355 g/mol. The number of hydrogen-bond acceptors (Lipinski definition) is 5. The minimum Gasteiger partial charge on any atom is -0.481 e. The van der Waals surface area contributed by atoms with Crippen LogP contribution < -0.4 is 4.72 Å². The number of rotatable bonds is 7. The number of aromatic nitrogens is 3. The number of hydrogen-bond donors (Lipinski definition) is 2. The van der Waals surface area contributed by atoms with Crippen LogP contribution in [0.15, 0.2) is 9.63 Å². The minimum atomic E-state index is -3.85. The van der Waals surface area contributed by atoms with Crippen molar-refractivity contribution in [2.45, 2.75) is 24.8 Å². The van der Waals surface area contributed by atoms with Crippen molar-refractivity contribution in [2.75, 3.05) is 6.54 Å². The number of nitrogens with one attached hydrogen (secondary N) is 1. The number of carbonyl (C=O) groups is 1. The quantitative estimate of drug-likeness (QED) is 0.730. The Labute approximate surface area is 119 Å². The number of nitrogens with zero attached hydrogens (tertiary/aromatic N) is 3. The van der Waals surface area contributed by atoms with Crippen LogP contribution >= 0.6 is 15.9 Å². The third-order valence-electron chi connectivity index (χ3n) is 2.50. The minimum absolute atomic E-state index is 0.0878. The molecule has 1 unspecified atom stereocenters. The second kappa shape index (κ2) is 6.44. The first-order valence-electron chi connectivity index (χ1n) is 5.57. The Hall–Kier alpha value is -1.00. The molecule has 0 aromatic carbocycles. The Kier molecular flexibility index (Phi) is 5.44. The van der Waals surface area contributed by atoms with Gasteiger partial charge < -0.3 is 5.11 Å². The molecule has 0 saturated carbocycles. The van der Waals surface area contributed by atoms with Crippen molar-refractivity contribution in [2.24, 2.45) is 13.0 Å². The molecule has 0 bridgehead atoms. The zero-order chi connectivity index (χ0) is 14.6. The van der Waals surface area contributed by atoms with Gasteiger partial charge in [-0.05, 0) is 22.4 Å². The van der Waals surface area contributed by atoms with Crippen molar-refractivity contribution in [3.63, 3.8) is 0 Å². The number of sulfonamides is 1. The van der Waals surface area contributed by atoms with E-state index in [1.165, 1.54) is 7.05 Å². The fraction of sp³-hybridized carbons (Fsp3) is 0.667. The zero-order valence-corrected chi connectivity index (χ0v) is 12.9. The topological polar surface area (TPSA) is 114 Å². The van der Waals surface area contributed by atoms with Crippen molar-refractivity contribution in [3.8, 4) is 0 Å². The van der Waals surface area contributed by atoms with E-state index in [9.17, 15) is 13.2 Å². The Bertz CT molecular complexity index is 537. The summed E-state index contributed by atoms with van der Waals surface area (Å²) in [4.78, 5) is 11.0. The molecule has 10 heteroatoms. The van der Waals surface area contributed by atoms with Crippen molar-refractivity contribution in [3.05, 3.63) is 4.60 Å². The Morgan fingerprint density at radius 1 is 1.58 bits per heavy atom. The van der Waals surface area contributed by atoms with Gasteiger partial charge in [-0.1, -0.05) is 18.6 Å². The van der Waals surface area contributed by atoms with E-state index < -0.39 is 21.9 Å². The number of carboxylic acid groups (broad SMARTS) is 1. The highest BCUT2D eigenvalue weighted by molar-refractivity contribution is 9.10. The van der Waals surface area contributed by atoms with Gasteiger partial charge >= 0.3 is 5.97 Å². The lowest BCUT2D eigenvalue weighted by atomic mass is 10.1. The van der Waals surface area contributed by atoms with Crippen molar-refractivity contribution < 1.29 is 18.3 Å². The van der Waals surface area contributed by atoms with E-state index in [-0.39, 0.29) is 16.2 Å². The molecule has 0 radical (unpaired) electrons. The average Bonchev–Trinajstić information content (AvgIpc) is 2.64. The standard InChI is InChI=1S/C9H15BrN4O4S/c1-3-4-6(9(15)16)5-11-19(17,18)8-7(10)12-13-14(8)2/h6,11H,3-5H2,1-2H3,(H,15,16). The first-order chi connectivity index (χ1) is 8.79. The highest BCUT2D eigenvalue weighted by Gasteiger charge is 2.26. The third kappa shape index (κ3) is 3.98. The van der Waals surface area contributed by atoms with E-state index in [1.54, 1.807) is 0 Å². The maximum atomic E-state index is 12.0. The van der Waals surface area contributed by atoms with Gasteiger partial charge in [0.25, 0.3) is 10.0 Å². The summed E-state index contributed by atoms with van der Waals surface area (Å²) in [7, 11) is -2.41. The predicted molar refractivity (Wildman–Crippen MR) is 69.9 cm³/mol. The van der Waals surface area contributed by atoms with Crippen LogP contribution in [0.4, 0.5) is 0 Å². The number of aliphatic carboxylic acids is 1. The SMILES string of the molecule is CCCC(CNS(=O)(=O)c1c(Br)nnn1C)C(=O)O. The summed E-state index contributed by atoms with van der Waals surface area (Å²) in [5.41, 5.74) is 0. The monoisotopic (exact) mass is 354 g/mol. The van der Waals surface area contributed by atoms with Gasteiger partial charge in [-0.15, -0.1) is 5.10 Å². The summed E-state index contributed by atoms with van der Waals surface area (Å²) in [6.45, 7) is 1.68. The second-order valence-corrected chi connectivity index (χ2v) is 6.42. The molecule has 8 nitrogen and oxygen atoms in total. The highest BCUT2D eigenvalue weighted by Crippen LogP contribution is 2.18. The molecule has 1 rings (SSSR count). The van der Waals surface area contributed by atoms with Crippen molar-refractivity contribution >= 4 is 31.9 Å². The van der Waals surface area contributed by atoms with E-state index in [0.717, 1.165) is 4.68 Å². The summed E-state index contributed by atoms with van der Waals surface area (Å²) >= 11 is 2.99. The molecular weight excluding hydrogens is 340 g/mol. The van der Waals surface area contributed by atoms with Crippen LogP contribution in [-0.2, 0) is 21.9 Å². The van der Waals surface area contributed by atoms with E-state index in [4.69, 9.17) is 5.11 Å². The number of aryl methyl sites for hydroxylation is 1. The van der Waals surface area contributed by atoms with Gasteiger partial charge in [-0.2, -0.15) is 0 Å². The summed E-state index contributed by atoms with van der Waals surface area (Å²) in [6, 6.07) is 0. The van der Waals surface area contributed by atoms with Crippen molar-refractivity contribution in [1.29, 1.82) is 0 Å². The maximum Gasteiger partial charge on any atom is 0.307 e.